The number of pyridine rings is 2. The Kier molecular flexibility index (Phi) is 7.48. The highest BCUT2D eigenvalue weighted by atomic mass is 35.5. The minimum Gasteiger partial charge on any atom is -0.481 e. The number of imidazole rings is 1. The molecule has 5 heterocycles. The van der Waals surface area contributed by atoms with Crippen molar-refractivity contribution in [3.8, 4) is 5.88 Å². The van der Waals surface area contributed by atoms with Gasteiger partial charge >= 0.3 is 12.4 Å². The average molecular weight is 653 g/mol. The lowest BCUT2D eigenvalue weighted by Gasteiger charge is -2.31. The van der Waals surface area contributed by atoms with Gasteiger partial charge in [-0.25, -0.2) is 9.97 Å². The zero-order chi connectivity index (χ0) is 32.3. The third kappa shape index (κ3) is 5.36. The Morgan fingerprint density at radius 3 is 2.42 bits per heavy atom. The van der Waals surface area contributed by atoms with Crippen LogP contribution in [-0.4, -0.2) is 57.9 Å². The monoisotopic (exact) mass is 652 g/mol. The van der Waals surface area contributed by atoms with Crippen LogP contribution in [0.5, 0.6) is 5.88 Å². The number of methoxy groups -OCH3 is 1. The van der Waals surface area contributed by atoms with Gasteiger partial charge in [0.2, 0.25) is 11.7 Å². The van der Waals surface area contributed by atoms with E-state index in [4.69, 9.17) is 16.3 Å². The molecule has 10 nitrogen and oxygen atoms in total. The van der Waals surface area contributed by atoms with Crippen LogP contribution in [0.25, 0.3) is 10.9 Å². The number of aliphatic hydroxyl groups is 1. The lowest BCUT2D eigenvalue weighted by atomic mass is 9.83. The number of hydrogen-bond acceptors (Lipinski definition) is 8. The smallest absolute Gasteiger partial charge is 0.451 e. The lowest BCUT2D eigenvalue weighted by molar-refractivity contribution is -0.148. The van der Waals surface area contributed by atoms with E-state index in [1.54, 1.807) is 13.1 Å². The van der Waals surface area contributed by atoms with Crippen LogP contribution in [0, 0.1) is 0 Å². The van der Waals surface area contributed by atoms with Crippen LogP contribution in [0.15, 0.2) is 49.1 Å². The molecule has 1 atom stereocenters. The van der Waals surface area contributed by atoms with E-state index in [-0.39, 0.29) is 59.7 Å². The second-order valence-electron chi connectivity index (χ2n) is 10.5. The van der Waals surface area contributed by atoms with E-state index in [2.05, 4.69) is 25.1 Å². The van der Waals surface area contributed by atoms with Crippen molar-refractivity contribution in [3.63, 3.8) is 0 Å². The summed E-state index contributed by atoms with van der Waals surface area (Å²) in [5.41, 5.74) is -2.29. The van der Waals surface area contributed by atoms with E-state index in [9.17, 15) is 31.4 Å². The summed E-state index contributed by atoms with van der Waals surface area (Å²) in [4.78, 5) is 13.8. The van der Waals surface area contributed by atoms with Crippen LogP contribution in [0.3, 0.4) is 0 Å². The quantitative estimate of drug-likeness (QED) is 0.257. The molecular weight excluding hydrogens is 630 g/mol. The zero-order valence-corrected chi connectivity index (χ0v) is 24.3. The molecule has 1 aromatic carbocycles. The SMILES string of the molecule is COc1nc2ccc([C@@](O)(c3ccnc(C(F)(F)F)c3)c3cncn3C)cc2c(Cl)c1CN1CCn2c(nnc2C(F)(F)F)C1. The van der Waals surface area contributed by atoms with Crippen molar-refractivity contribution in [1.29, 1.82) is 0 Å². The highest BCUT2D eigenvalue weighted by Crippen LogP contribution is 2.42. The van der Waals surface area contributed by atoms with Gasteiger partial charge in [-0.3, -0.25) is 9.88 Å². The number of hydrogen-bond donors (Lipinski definition) is 1. The van der Waals surface area contributed by atoms with Gasteiger partial charge in [-0.1, -0.05) is 17.7 Å². The minimum atomic E-state index is -4.76. The summed E-state index contributed by atoms with van der Waals surface area (Å²) in [7, 11) is 2.99. The van der Waals surface area contributed by atoms with Gasteiger partial charge in [0.15, 0.2) is 5.60 Å². The van der Waals surface area contributed by atoms with Crippen LogP contribution in [0.1, 0.15) is 39.7 Å². The van der Waals surface area contributed by atoms with E-state index in [1.807, 2.05) is 4.90 Å². The van der Waals surface area contributed by atoms with Gasteiger partial charge in [-0.2, -0.15) is 26.3 Å². The molecule has 0 spiro atoms. The molecule has 0 fully saturated rings. The number of nitrogens with zero attached hydrogens (tertiary/aromatic N) is 8. The van der Waals surface area contributed by atoms with Gasteiger partial charge in [0.25, 0.3) is 0 Å². The fourth-order valence-electron chi connectivity index (χ4n) is 5.53. The summed E-state index contributed by atoms with van der Waals surface area (Å²) < 4.78 is 88.8. The summed E-state index contributed by atoms with van der Waals surface area (Å²) in [5.74, 6) is -0.754. The van der Waals surface area contributed by atoms with Crippen LogP contribution in [0.2, 0.25) is 5.02 Å². The molecule has 5 aromatic rings. The van der Waals surface area contributed by atoms with Crippen LogP contribution < -0.4 is 4.74 Å². The molecule has 1 aliphatic rings. The second kappa shape index (κ2) is 11.0. The standard InChI is InChI=1S/C28H23ClF6N8O2/c1-41-14-36-11-21(41)26(44,16-5-6-37-20(10-16)27(30,31)32)15-3-4-19-17(9-15)23(29)18(24(38-19)45-2)12-42-7-8-43-22(13-42)39-40-25(43)28(33,34)35/h3-6,9-11,14,44H,7-8,12-13H2,1-2H3/t26-/m1/s1. The van der Waals surface area contributed by atoms with E-state index in [0.29, 0.717) is 16.5 Å². The molecule has 0 saturated heterocycles. The first-order valence-electron chi connectivity index (χ1n) is 13.3. The number of halogens is 7. The fraction of sp³-hybridized carbons (Fsp3) is 0.321. The highest BCUT2D eigenvalue weighted by molar-refractivity contribution is 6.36. The van der Waals surface area contributed by atoms with E-state index < -0.39 is 29.5 Å². The molecule has 17 heteroatoms. The van der Waals surface area contributed by atoms with Crippen molar-refractivity contribution < 1.29 is 36.2 Å². The molecule has 0 saturated carbocycles. The van der Waals surface area contributed by atoms with Gasteiger partial charge in [-0.15, -0.1) is 10.2 Å². The minimum absolute atomic E-state index is 0.00809. The van der Waals surface area contributed by atoms with Crippen molar-refractivity contribution >= 4 is 22.5 Å². The summed E-state index contributed by atoms with van der Waals surface area (Å²) in [6.07, 6.45) is -5.68. The molecule has 1 N–H and O–H groups in total. The molecule has 45 heavy (non-hydrogen) atoms. The maximum Gasteiger partial charge on any atom is 0.451 e. The Morgan fingerprint density at radius 1 is 1.00 bits per heavy atom. The number of aryl methyl sites for hydroxylation is 1. The fourth-order valence-corrected chi connectivity index (χ4v) is 5.82. The molecule has 0 radical (unpaired) electrons. The maximum absolute atomic E-state index is 13.6. The summed E-state index contributed by atoms with van der Waals surface area (Å²) >= 11 is 6.93. The predicted molar refractivity (Wildman–Crippen MR) is 147 cm³/mol. The third-order valence-corrected chi connectivity index (χ3v) is 8.14. The van der Waals surface area contributed by atoms with Crippen molar-refractivity contribution in [2.24, 2.45) is 7.05 Å². The number of benzene rings is 1. The normalized spacial score (nSPS) is 15.7. The molecule has 236 valence electrons. The lowest BCUT2D eigenvalue weighted by Crippen LogP contribution is -2.35. The summed E-state index contributed by atoms with van der Waals surface area (Å²) in [5, 5.41) is 19.8. The zero-order valence-electron chi connectivity index (χ0n) is 23.5. The molecule has 1 aliphatic heterocycles. The van der Waals surface area contributed by atoms with Gasteiger partial charge in [0, 0.05) is 43.8 Å². The van der Waals surface area contributed by atoms with Crippen LogP contribution in [0.4, 0.5) is 26.3 Å². The molecular formula is C28H23ClF6N8O2. The number of ether oxygens (including phenoxy) is 1. The Hall–Kier alpha value is -4.28. The first kappa shape index (κ1) is 30.7. The largest absolute Gasteiger partial charge is 0.481 e. The number of rotatable bonds is 6. The van der Waals surface area contributed by atoms with E-state index in [0.717, 1.165) is 16.8 Å². The molecule has 0 bridgehead atoms. The van der Waals surface area contributed by atoms with Crippen molar-refractivity contribution in [1.82, 2.24) is 39.2 Å². The van der Waals surface area contributed by atoms with Gasteiger partial charge < -0.3 is 19.0 Å². The molecule has 6 rings (SSSR count). The molecule has 4 aromatic heterocycles. The van der Waals surface area contributed by atoms with Crippen molar-refractivity contribution in [2.75, 3.05) is 13.7 Å². The first-order valence-corrected chi connectivity index (χ1v) is 13.7. The predicted octanol–water partition coefficient (Wildman–Crippen LogP) is 4.95. The highest BCUT2D eigenvalue weighted by Gasteiger charge is 2.41. The molecule has 0 unspecified atom stereocenters. The average Bonchev–Trinajstić information content (AvgIpc) is 3.63. The second-order valence-corrected chi connectivity index (χ2v) is 10.9. The van der Waals surface area contributed by atoms with Crippen LogP contribution in [-0.2, 0) is 44.6 Å². The number of aromatic nitrogens is 7. The Bertz CT molecular complexity index is 1910. The van der Waals surface area contributed by atoms with E-state index >= 15 is 0 Å². The van der Waals surface area contributed by atoms with Gasteiger partial charge in [-0.05, 0) is 35.4 Å². The van der Waals surface area contributed by atoms with Crippen LogP contribution >= 0.6 is 11.6 Å². The first-order chi connectivity index (χ1) is 21.2. The topological polar surface area (TPSA) is 107 Å². The van der Waals surface area contributed by atoms with Crippen molar-refractivity contribution in [2.45, 2.75) is 37.6 Å². The summed E-state index contributed by atoms with van der Waals surface area (Å²) in [6, 6.07) is 6.65. The number of alkyl halides is 6. The van der Waals surface area contributed by atoms with Gasteiger partial charge in [0.1, 0.15) is 11.5 Å². The Balaban J connectivity index is 1.44. The Labute approximate surface area is 255 Å². The molecule has 0 aliphatic carbocycles. The Morgan fingerprint density at radius 2 is 1.76 bits per heavy atom. The van der Waals surface area contributed by atoms with E-state index in [1.165, 1.54) is 42.4 Å². The number of fused-ring (bicyclic) bond motifs is 2. The van der Waals surface area contributed by atoms with Gasteiger partial charge in [0.05, 0.1) is 42.4 Å². The third-order valence-electron chi connectivity index (χ3n) is 7.71. The van der Waals surface area contributed by atoms with Crippen molar-refractivity contribution in [3.05, 3.63) is 93.8 Å². The molecule has 0 amide bonds. The maximum atomic E-state index is 13.6. The summed E-state index contributed by atoms with van der Waals surface area (Å²) in [6.45, 7) is 0.375.